The first-order valence-corrected chi connectivity index (χ1v) is 10.5. The molecule has 140 valence electrons. The summed E-state index contributed by atoms with van der Waals surface area (Å²) >= 11 is 0. The molecule has 1 saturated heterocycles. The highest BCUT2D eigenvalue weighted by Gasteiger charge is 2.30. The summed E-state index contributed by atoms with van der Waals surface area (Å²) in [6.45, 7) is 1.97. The van der Waals surface area contributed by atoms with Crippen molar-refractivity contribution in [2.75, 3.05) is 11.5 Å². The standard InChI is InChI=1S/C18H18FN5O2S/c1-12-4-2-5-13(8-12)16-22-18(17-20-9-14(19)10-21-17)24(23-16)15-6-3-7-27(25,26)11-15/h2,4-5,8-10,15H,3,6-7,11H2,1H3. The van der Waals surface area contributed by atoms with Gasteiger partial charge in [-0.1, -0.05) is 23.8 Å². The molecule has 1 aliphatic rings. The number of aromatic nitrogens is 5. The fourth-order valence-corrected chi connectivity index (χ4v) is 4.92. The van der Waals surface area contributed by atoms with Gasteiger partial charge in [-0.15, -0.1) is 0 Å². The molecule has 1 atom stereocenters. The molecule has 9 heteroatoms. The number of halogens is 1. The smallest absolute Gasteiger partial charge is 0.197 e. The van der Waals surface area contributed by atoms with Gasteiger partial charge in [0.25, 0.3) is 0 Å². The second kappa shape index (κ2) is 6.80. The maximum absolute atomic E-state index is 13.2. The summed E-state index contributed by atoms with van der Waals surface area (Å²) < 4.78 is 39.0. The third-order valence-electron chi connectivity index (χ3n) is 4.51. The van der Waals surface area contributed by atoms with E-state index in [1.807, 2.05) is 31.2 Å². The summed E-state index contributed by atoms with van der Waals surface area (Å²) in [5.41, 5.74) is 1.87. The molecule has 0 radical (unpaired) electrons. The van der Waals surface area contributed by atoms with Crippen LogP contribution in [-0.2, 0) is 9.84 Å². The summed E-state index contributed by atoms with van der Waals surface area (Å²) in [6.07, 6.45) is 3.36. The average Bonchev–Trinajstić information content (AvgIpc) is 3.07. The Bertz CT molecular complexity index is 1080. The van der Waals surface area contributed by atoms with Crippen molar-refractivity contribution in [1.82, 2.24) is 24.7 Å². The number of benzene rings is 1. The Morgan fingerprint density at radius 3 is 2.67 bits per heavy atom. The molecule has 1 unspecified atom stereocenters. The minimum absolute atomic E-state index is 0.00217. The summed E-state index contributed by atoms with van der Waals surface area (Å²) in [6, 6.07) is 7.37. The summed E-state index contributed by atoms with van der Waals surface area (Å²) in [4.78, 5) is 12.6. The van der Waals surface area contributed by atoms with Gasteiger partial charge in [-0.25, -0.2) is 32.4 Å². The molecule has 2 aromatic heterocycles. The Labute approximate surface area is 156 Å². The zero-order valence-electron chi connectivity index (χ0n) is 14.7. The van der Waals surface area contributed by atoms with E-state index in [9.17, 15) is 12.8 Å². The van der Waals surface area contributed by atoms with Crippen LogP contribution in [0.3, 0.4) is 0 Å². The lowest BCUT2D eigenvalue weighted by Crippen LogP contribution is -2.28. The van der Waals surface area contributed by atoms with E-state index in [0.29, 0.717) is 24.5 Å². The van der Waals surface area contributed by atoms with E-state index < -0.39 is 15.7 Å². The van der Waals surface area contributed by atoms with Crippen molar-refractivity contribution in [3.63, 3.8) is 0 Å². The van der Waals surface area contributed by atoms with Gasteiger partial charge in [0, 0.05) is 5.56 Å². The lowest BCUT2D eigenvalue weighted by Gasteiger charge is -2.23. The maximum atomic E-state index is 13.2. The molecule has 1 aliphatic heterocycles. The number of nitrogens with zero attached hydrogens (tertiary/aromatic N) is 5. The fourth-order valence-electron chi connectivity index (χ4n) is 3.26. The van der Waals surface area contributed by atoms with Crippen LogP contribution in [0.1, 0.15) is 24.4 Å². The van der Waals surface area contributed by atoms with Crippen molar-refractivity contribution in [3.8, 4) is 23.0 Å². The second-order valence-electron chi connectivity index (χ2n) is 6.71. The van der Waals surface area contributed by atoms with Gasteiger partial charge in [0.05, 0.1) is 29.9 Å². The first-order chi connectivity index (χ1) is 12.9. The normalized spacial score (nSPS) is 19.1. The number of aryl methyl sites for hydroxylation is 1. The van der Waals surface area contributed by atoms with E-state index in [-0.39, 0.29) is 23.4 Å². The van der Waals surface area contributed by atoms with E-state index in [0.717, 1.165) is 23.5 Å². The van der Waals surface area contributed by atoms with Crippen LogP contribution in [-0.4, -0.2) is 44.7 Å². The van der Waals surface area contributed by atoms with Gasteiger partial charge in [0.2, 0.25) is 0 Å². The molecular weight excluding hydrogens is 369 g/mol. The van der Waals surface area contributed by atoms with Crippen molar-refractivity contribution >= 4 is 9.84 Å². The maximum Gasteiger partial charge on any atom is 0.197 e. The van der Waals surface area contributed by atoms with Gasteiger partial charge in [-0.2, -0.15) is 5.10 Å². The van der Waals surface area contributed by atoms with Crippen LogP contribution in [0.4, 0.5) is 4.39 Å². The zero-order valence-corrected chi connectivity index (χ0v) is 15.5. The molecule has 0 saturated carbocycles. The molecule has 0 spiro atoms. The van der Waals surface area contributed by atoms with Crippen LogP contribution in [0.25, 0.3) is 23.0 Å². The van der Waals surface area contributed by atoms with E-state index in [4.69, 9.17) is 0 Å². The molecule has 0 amide bonds. The van der Waals surface area contributed by atoms with Crippen LogP contribution < -0.4 is 0 Å². The molecule has 0 bridgehead atoms. The van der Waals surface area contributed by atoms with Gasteiger partial charge in [-0.05, 0) is 25.8 Å². The fraction of sp³-hybridized carbons (Fsp3) is 0.333. The van der Waals surface area contributed by atoms with Gasteiger partial charge in [0.1, 0.15) is 0 Å². The molecule has 0 aliphatic carbocycles. The number of hydrogen-bond donors (Lipinski definition) is 0. The van der Waals surface area contributed by atoms with Crippen molar-refractivity contribution in [2.24, 2.45) is 0 Å². The first kappa shape index (κ1) is 17.7. The van der Waals surface area contributed by atoms with E-state index in [2.05, 4.69) is 20.1 Å². The van der Waals surface area contributed by atoms with Crippen molar-refractivity contribution in [2.45, 2.75) is 25.8 Å². The average molecular weight is 387 g/mol. The minimum Gasteiger partial charge on any atom is -0.238 e. The Morgan fingerprint density at radius 2 is 1.96 bits per heavy atom. The van der Waals surface area contributed by atoms with Crippen LogP contribution in [0, 0.1) is 12.7 Å². The van der Waals surface area contributed by atoms with Crippen molar-refractivity contribution in [1.29, 1.82) is 0 Å². The Morgan fingerprint density at radius 1 is 1.19 bits per heavy atom. The monoisotopic (exact) mass is 387 g/mol. The Hall–Kier alpha value is -2.68. The SMILES string of the molecule is Cc1cccc(-c2nc(-c3ncc(F)cn3)n(C3CCCS(=O)(=O)C3)n2)c1. The molecule has 0 N–H and O–H groups in total. The van der Waals surface area contributed by atoms with Crippen LogP contribution in [0.5, 0.6) is 0 Å². The highest BCUT2D eigenvalue weighted by atomic mass is 32.2. The molecule has 4 rings (SSSR count). The highest BCUT2D eigenvalue weighted by Crippen LogP contribution is 2.29. The summed E-state index contributed by atoms with van der Waals surface area (Å²) in [5.74, 6) is 0.649. The molecule has 27 heavy (non-hydrogen) atoms. The van der Waals surface area contributed by atoms with Gasteiger partial charge in [0.15, 0.2) is 33.1 Å². The molecule has 7 nitrogen and oxygen atoms in total. The largest absolute Gasteiger partial charge is 0.238 e. The minimum atomic E-state index is -3.14. The van der Waals surface area contributed by atoms with Gasteiger partial charge in [-0.3, -0.25) is 0 Å². The lowest BCUT2D eigenvalue weighted by molar-refractivity contribution is 0.438. The third-order valence-corrected chi connectivity index (χ3v) is 6.32. The Balaban J connectivity index is 1.83. The molecule has 1 fully saturated rings. The van der Waals surface area contributed by atoms with Gasteiger partial charge < -0.3 is 0 Å². The van der Waals surface area contributed by atoms with Crippen molar-refractivity contribution in [3.05, 3.63) is 48.0 Å². The number of sulfone groups is 1. The topological polar surface area (TPSA) is 90.6 Å². The molecular formula is C18H18FN5O2S. The third kappa shape index (κ3) is 3.73. The van der Waals surface area contributed by atoms with E-state index in [1.54, 1.807) is 4.68 Å². The second-order valence-corrected chi connectivity index (χ2v) is 8.94. The summed E-state index contributed by atoms with van der Waals surface area (Å²) in [7, 11) is -3.14. The summed E-state index contributed by atoms with van der Waals surface area (Å²) in [5, 5.41) is 4.58. The quantitative estimate of drug-likeness (QED) is 0.686. The number of rotatable bonds is 3. The Kier molecular flexibility index (Phi) is 4.47. The van der Waals surface area contributed by atoms with Gasteiger partial charge >= 0.3 is 0 Å². The van der Waals surface area contributed by atoms with E-state index >= 15 is 0 Å². The molecule has 1 aromatic carbocycles. The van der Waals surface area contributed by atoms with Crippen molar-refractivity contribution < 1.29 is 12.8 Å². The van der Waals surface area contributed by atoms with Crippen LogP contribution in [0.2, 0.25) is 0 Å². The molecule has 3 heterocycles. The van der Waals surface area contributed by atoms with Crippen LogP contribution in [0.15, 0.2) is 36.7 Å². The zero-order chi connectivity index (χ0) is 19.0. The lowest BCUT2D eigenvalue weighted by atomic mass is 10.1. The number of hydrogen-bond acceptors (Lipinski definition) is 6. The first-order valence-electron chi connectivity index (χ1n) is 8.63. The highest BCUT2D eigenvalue weighted by molar-refractivity contribution is 7.91. The predicted octanol–water partition coefficient (Wildman–Crippen LogP) is 2.60. The predicted molar refractivity (Wildman–Crippen MR) is 98.1 cm³/mol. The van der Waals surface area contributed by atoms with E-state index in [1.165, 1.54) is 0 Å². The van der Waals surface area contributed by atoms with Crippen LogP contribution >= 0.6 is 0 Å². The molecule has 3 aromatic rings.